The van der Waals surface area contributed by atoms with Gasteiger partial charge < -0.3 is 5.32 Å². The molecule has 0 saturated carbocycles. The number of nitrogens with one attached hydrogen (secondary N) is 1. The van der Waals surface area contributed by atoms with Gasteiger partial charge in [0.15, 0.2) is 0 Å². The van der Waals surface area contributed by atoms with Crippen LogP contribution in [-0.4, -0.2) is 13.1 Å². The molecule has 0 bridgehead atoms. The minimum absolute atomic E-state index is 0.861. The van der Waals surface area contributed by atoms with Crippen LogP contribution in [0.3, 0.4) is 0 Å². The third kappa shape index (κ3) is 6.09. The molecular formula is C9H21N. The van der Waals surface area contributed by atoms with Crippen molar-refractivity contribution in [3.05, 3.63) is 0 Å². The average molecular weight is 143 g/mol. The first-order valence-corrected chi connectivity index (χ1v) is 4.52. The van der Waals surface area contributed by atoms with E-state index in [-0.39, 0.29) is 0 Å². The van der Waals surface area contributed by atoms with Crippen LogP contribution in [0.2, 0.25) is 0 Å². The Balaban J connectivity index is 3.00. The number of rotatable bonds is 6. The number of hydrogen-bond donors (Lipinski definition) is 1. The van der Waals surface area contributed by atoms with Gasteiger partial charge >= 0.3 is 0 Å². The Kier molecular flexibility index (Phi) is 7.04. The predicted molar refractivity (Wildman–Crippen MR) is 47.2 cm³/mol. The minimum atomic E-state index is 0.861. The van der Waals surface area contributed by atoms with Gasteiger partial charge in [0.05, 0.1) is 0 Å². The monoisotopic (exact) mass is 143 g/mol. The molecule has 0 aliphatic rings. The van der Waals surface area contributed by atoms with Gasteiger partial charge in [-0.2, -0.15) is 0 Å². The van der Waals surface area contributed by atoms with Crippen molar-refractivity contribution in [1.29, 1.82) is 0 Å². The lowest BCUT2D eigenvalue weighted by Crippen LogP contribution is -2.20. The summed E-state index contributed by atoms with van der Waals surface area (Å²) in [6, 6.07) is 0. The lowest BCUT2D eigenvalue weighted by Gasteiger charge is -2.09. The Bertz CT molecular complexity index is 53.7. The first kappa shape index (κ1) is 9.96. The number of unbranched alkanes of at least 4 members (excludes halogenated alkanes) is 1. The highest BCUT2D eigenvalue weighted by Crippen LogP contribution is 2.05. The maximum absolute atomic E-state index is 3.36. The summed E-state index contributed by atoms with van der Waals surface area (Å²) in [6.45, 7) is 9.03. The number of hydrogen-bond acceptors (Lipinski definition) is 1. The SMILES string of the molecule is CCCC[C@@H](C)CNCC. The first-order chi connectivity index (χ1) is 4.81. The molecule has 1 N–H and O–H groups in total. The minimum Gasteiger partial charge on any atom is -0.317 e. The van der Waals surface area contributed by atoms with Crippen molar-refractivity contribution in [3.8, 4) is 0 Å². The van der Waals surface area contributed by atoms with E-state index in [1.54, 1.807) is 0 Å². The maximum atomic E-state index is 3.36. The summed E-state index contributed by atoms with van der Waals surface area (Å²) < 4.78 is 0. The van der Waals surface area contributed by atoms with Crippen molar-refractivity contribution >= 4 is 0 Å². The van der Waals surface area contributed by atoms with E-state index in [1.165, 1.54) is 25.8 Å². The normalized spacial score (nSPS) is 13.5. The molecular weight excluding hydrogens is 122 g/mol. The summed E-state index contributed by atoms with van der Waals surface area (Å²) in [5.74, 6) is 0.861. The van der Waals surface area contributed by atoms with Crippen molar-refractivity contribution < 1.29 is 0 Å². The van der Waals surface area contributed by atoms with Crippen LogP contribution in [0.1, 0.15) is 40.0 Å². The smallest absolute Gasteiger partial charge is 0.00233 e. The highest BCUT2D eigenvalue weighted by atomic mass is 14.8. The van der Waals surface area contributed by atoms with Crippen LogP contribution in [0.5, 0.6) is 0 Å². The summed E-state index contributed by atoms with van der Waals surface area (Å²) in [7, 11) is 0. The van der Waals surface area contributed by atoms with Gasteiger partial charge in [0.25, 0.3) is 0 Å². The van der Waals surface area contributed by atoms with E-state index >= 15 is 0 Å². The molecule has 1 atom stereocenters. The van der Waals surface area contributed by atoms with E-state index in [2.05, 4.69) is 26.1 Å². The van der Waals surface area contributed by atoms with Crippen LogP contribution >= 0.6 is 0 Å². The molecule has 1 nitrogen and oxygen atoms in total. The van der Waals surface area contributed by atoms with Crippen LogP contribution < -0.4 is 5.32 Å². The highest BCUT2D eigenvalue weighted by Gasteiger charge is 1.98. The van der Waals surface area contributed by atoms with E-state index in [9.17, 15) is 0 Å². The molecule has 0 aromatic carbocycles. The lowest BCUT2D eigenvalue weighted by molar-refractivity contribution is 0.471. The van der Waals surface area contributed by atoms with Gasteiger partial charge in [-0.25, -0.2) is 0 Å². The Morgan fingerprint density at radius 2 is 2.00 bits per heavy atom. The van der Waals surface area contributed by atoms with Crippen molar-refractivity contribution in [2.45, 2.75) is 40.0 Å². The van der Waals surface area contributed by atoms with Gasteiger partial charge in [-0.1, -0.05) is 33.6 Å². The van der Waals surface area contributed by atoms with Crippen LogP contribution in [0.25, 0.3) is 0 Å². The summed E-state index contributed by atoms with van der Waals surface area (Å²) in [5.41, 5.74) is 0. The van der Waals surface area contributed by atoms with E-state index in [4.69, 9.17) is 0 Å². The van der Waals surface area contributed by atoms with E-state index < -0.39 is 0 Å². The highest BCUT2D eigenvalue weighted by molar-refractivity contribution is 4.55. The topological polar surface area (TPSA) is 12.0 Å². The second-order valence-corrected chi connectivity index (χ2v) is 3.06. The summed E-state index contributed by atoms with van der Waals surface area (Å²) >= 11 is 0. The van der Waals surface area contributed by atoms with Crippen LogP contribution in [0.15, 0.2) is 0 Å². The zero-order chi connectivity index (χ0) is 7.82. The van der Waals surface area contributed by atoms with Gasteiger partial charge in [-0.05, 0) is 25.4 Å². The lowest BCUT2D eigenvalue weighted by atomic mass is 10.0. The van der Waals surface area contributed by atoms with Crippen molar-refractivity contribution in [2.24, 2.45) is 5.92 Å². The van der Waals surface area contributed by atoms with E-state index in [1.807, 2.05) is 0 Å². The molecule has 0 radical (unpaired) electrons. The van der Waals surface area contributed by atoms with Gasteiger partial charge in [-0.15, -0.1) is 0 Å². The molecule has 0 fully saturated rings. The van der Waals surface area contributed by atoms with Crippen molar-refractivity contribution in [3.63, 3.8) is 0 Å². The molecule has 62 valence electrons. The summed E-state index contributed by atoms with van der Waals surface area (Å²) in [4.78, 5) is 0. The second kappa shape index (κ2) is 7.07. The third-order valence-electron chi connectivity index (χ3n) is 1.79. The fraction of sp³-hybridized carbons (Fsp3) is 1.00. The van der Waals surface area contributed by atoms with Crippen molar-refractivity contribution in [2.75, 3.05) is 13.1 Å². The fourth-order valence-electron chi connectivity index (χ4n) is 1.05. The van der Waals surface area contributed by atoms with Crippen LogP contribution in [0.4, 0.5) is 0 Å². The molecule has 0 heterocycles. The molecule has 0 saturated heterocycles. The molecule has 0 rings (SSSR count). The van der Waals surface area contributed by atoms with Gasteiger partial charge in [0.1, 0.15) is 0 Å². The van der Waals surface area contributed by atoms with Crippen molar-refractivity contribution in [1.82, 2.24) is 5.32 Å². The Hall–Kier alpha value is -0.0400. The van der Waals surface area contributed by atoms with E-state index in [0.29, 0.717) is 0 Å². The predicted octanol–water partition coefficient (Wildman–Crippen LogP) is 2.42. The fourth-order valence-corrected chi connectivity index (χ4v) is 1.05. The summed E-state index contributed by atoms with van der Waals surface area (Å²) in [6.07, 6.45) is 4.09. The zero-order valence-corrected chi connectivity index (χ0v) is 7.61. The maximum Gasteiger partial charge on any atom is -0.00233 e. The quantitative estimate of drug-likeness (QED) is 0.602. The molecule has 0 aliphatic heterocycles. The summed E-state index contributed by atoms with van der Waals surface area (Å²) in [5, 5.41) is 3.36. The molecule has 0 aliphatic carbocycles. The molecule has 0 aromatic heterocycles. The third-order valence-corrected chi connectivity index (χ3v) is 1.79. The Morgan fingerprint density at radius 1 is 1.30 bits per heavy atom. The zero-order valence-electron chi connectivity index (χ0n) is 7.61. The molecule has 0 amide bonds. The molecule has 1 heteroatoms. The molecule has 0 spiro atoms. The first-order valence-electron chi connectivity index (χ1n) is 4.52. The largest absolute Gasteiger partial charge is 0.317 e. The van der Waals surface area contributed by atoms with Gasteiger partial charge in [0, 0.05) is 0 Å². The molecule has 10 heavy (non-hydrogen) atoms. The van der Waals surface area contributed by atoms with Gasteiger partial charge in [0.2, 0.25) is 0 Å². The molecule has 0 unspecified atom stereocenters. The average Bonchev–Trinajstić information content (AvgIpc) is 1.97. The standard InChI is InChI=1S/C9H21N/c1-4-6-7-9(3)8-10-5-2/h9-10H,4-8H2,1-3H3/t9-/m1/s1. The van der Waals surface area contributed by atoms with Gasteiger partial charge in [-0.3, -0.25) is 0 Å². The molecule has 0 aromatic rings. The Morgan fingerprint density at radius 3 is 2.50 bits per heavy atom. The van der Waals surface area contributed by atoms with Crippen LogP contribution in [-0.2, 0) is 0 Å². The Labute approximate surface area is 65.2 Å². The second-order valence-electron chi connectivity index (χ2n) is 3.06. The van der Waals surface area contributed by atoms with E-state index in [0.717, 1.165) is 12.5 Å². The van der Waals surface area contributed by atoms with Crippen LogP contribution in [0, 0.1) is 5.92 Å².